The largest absolute Gasteiger partial charge is 0.463 e. The zero-order chi connectivity index (χ0) is 22.3. The van der Waals surface area contributed by atoms with Gasteiger partial charge in [0.1, 0.15) is 5.69 Å². The van der Waals surface area contributed by atoms with Gasteiger partial charge in [0.15, 0.2) is 5.76 Å². The number of carbonyl (C=O) groups excluding carboxylic acids is 1. The number of anilines is 1. The molecule has 1 N–H and O–H groups in total. The number of benzene rings is 1. The van der Waals surface area contributed by atoms with Crippen LogP contribution >= 0.6 is 7.60 Å². The lowest BCUT2D eigenvalue weighted by Gasteiger charge is -2.17. The minimum Gasteiger partial charge on any atom is -0.463 e. The number of rotatable bonds is 10. The summed E-state index contributed by atoms with van der Waals surface area (Å²) >= 11 is 0. The molecular formula is C22H26N3O5P. The van der Waals surface area contributed by atoms with Gasteiger partial charge in [0.2, 0.25) is 5.91 Å². The first kappa shape index (κ1) is 22.7. The van der Waals surface area contributed by atoms with Crippen LogP contribution in [0.25, 0.3) is 17.5 Å². The van der Waals surface area contributed by atoms with Crippen LogP contribution in [0.4, 0.5) is 5.69 Å². The SMILES string of the molecule is CCOP(=O)(Cc1ccc(NC(=O)C=Cc2cnn(C)c2-c2ccco2)cc1)OCC. The normalized spacial score (nSPS) is 11.8. The van der Waals surface area contributed by atoms with Gasteiger partial charge in [-0.15, -0.1) is 0 Å². The number of amides is 1. The van der Waals surface area contributed by atoms with E-state index in [0.717, 1.165) is 16.8 Å². The highest BCUT2D eigenvalue weighted by Gasteiger charge is 2.23. The summed E-state index contributed by atoms with van der Waals surface area (Å²) in [6.45, 7) is 4.19. The van der Waals surface area contributed by atoms with Gasteiger partial charge in [-0.25, -0.2) is 0 Å². The van der Waals surface area contributed by atoms with E-state index in [-0.39, 0.29) is 12.1 Å². The van der Waals surface area contributed by atoms with Crippen LogP contribution in [0.15, 0.2) is 59.4 Å². The van der Waals surface area contributed by atoms with Crippen LogP contribution in [-0.2, 0) is 31.6 Å². The Bertz CT molecular complexity index is 1060. The maximum Gasteiger partial charge on any atom is 0.335 e. The molecule has 0 bridgehead atoms. The van der Waals surface area contributed by atoms with Crippen molar-refractivity contribution in [3.05, 3.63) is 66.1 Å². The molecule has 0 aliphatic rings. The van der Waals surface area contributed by atoms with E-state index in [0.29, 0.717) is 24.7 Å². The molecule has 0 atom stereocenters. The van der Waals surface area contributed by atoms with E-state index in [1.54, 1.807) is 67.4 Å². The van der Waals surface area contributed by atoms with Crippen molar-refractivity contribution in [1.29, 1.82) is 0 Å². The molecule has 3 rings (SSSR count). The van der Waals surface area contributed by atoms with E-state index >= 15 is 0 Å². The molecule has 1 amide bonds. The van der Waals surface area contributed by atoms with Crippen LogP contribution in [-0.4, -0.2) is 28.9 Å². The second-order valence-electron chi connectivity index (χ2n) is 6.67. The fourth-order valence-electron chi connectivity index (χ4n) is 3.08. The van der Waals surface area contributed by atoms with Gasteiger partial charge >= 0.3 is 7.60 Å². The Morgan fingerprint density at radius 3 is 2.52 bits per heavy atom. The predicted molar refractivity (Wildman–Crippen MR) is 120 cm³/mol. The summed E-state index contributed by atoms with van der Waals surface area (Å²) in [6.07, 6.45) is 6.57. The Labute approximate surface area is 181 Å². The topological polar surface area (TPSA) is 95.6 Å². The monoisotopic (exact) mass is 443 g/mol. The Morgan fingerprint density at radius 1 is 1.19 bits per heavy atom. The number of furan rings is 1. The summed E-state index contributed by atoms with van der Waals surface area (Å²) in [7, 11) is -1.35. The number of hydrogen-bond acceptors (Lipinski definition) is 6. The molecule has 0 fully saturated rings. The van der Waals surface area contributed by atoms with Crippen molar-refractivity contribution in [2.75, 3.05) is 18.5 Å². The average molecular weight is 443 g/mol. The van der Waals surface area contributed by atoms with Gasteiger partial charge < -0.3 is 18.8 Å². The highest BCUT2D eigenvalue weighted by atomic mass is 31.2. The predicted octanol–water partition coefficient (Wildman–Crippen LogP) is 5.10. The van der Waals surface area contributed by atoms with Gasteiger partial charge in [0.25, 0.3) is 0 Å². The van der Waals surface area contributed by atoms with Crippen LogP contribution in [0.5, 0.6) is 0 Å². The maximum atomic E-state index is 12.6. The fraction of sp³-hybridized carbons (Fsp3) is 0.273. The third-order valence-electron chi connectivity index (χ3n) is 4.39. The first-order chi connectivity index (χ1) is 14.9. The summed E-state index contributed by atoms with van der Waals surface area (Å²) in [5.74, 6) is 0.392. The number of hydrogen-bond donors (Lipinski definition) is 1. The number of carbonyl (C=O) groups is 1. The van der Waals surface area contributed by atoms with E-state index in [4.69, 9.17) is 13.5 Å². The molecule has 0 spiro atoms. The van der Waals surface area contributed by atoms with Crippen LogP contribution in [0.3, 0.4) is 0 Å². The molecule has 2 aromatic heterocycles. The second-order valence-corrected chi connectivity index (χ2v) is 8.73. The van der Waals surface area contributed by atoms with Crippen LogP contribution in [0.2, 0.25) is 0 Å². The fourth-order valence-corrected chi connectivity index (χ4v) is 4.78. The van der Waals surface area contributed by atoms with Crippen LogP contribution in [0, 0.1) is 0 Å². The van der Waals surface area contributed by atoms with Crippen molar-refractivity contribution < 1.29 is 22.8 Å². The van der Waals surface area contributed by atoms with E-state index in [1.165, 1.54) is 6.08 Å². The van der Waals surface area contributed by atoms with Crippen molar-refractivity contribution in [1.82, 2.24) is 9.78 Å². The minimum atomic E-state index is -3.17. The van der Waals surface area contributed by atoms with E-state index < -0.39 is 7.60 Å². The van der Waals surface area contributed by atoms with Gasteiger partial charge in [-0.05, 0) is 49.8 Å². The summed E-state index contributed by atoms with van der Waals surface area (Å²) < 4.78 is 30.4. The summed E-state index contributed by atoms with van der Waals surface area (Å²) in [4.78, 5) is 12.3. The molecule has 0 unspecified atom stereocenters. The average Bonchev–Trinajstić information content (AvgIpc) is 3.37. The van der Waals surface area contributed by atoms with Crippen LogP contribution in [0.1, 0.15) is 25.0 Å². The van der Waals surface area contributed by atoms with Gasteiger partial charge in [-0.3, -0.25) is 14.0 Å². The smallest absolute Gasteiger partial charge is 0.335 e. The van der Waals surface area contributed by atoms with Crippen LogP contribution < -0.4 is 5.32 Å². The number of aromatic nitrogens is 2. The number of nitrogens with one attached hydrogen (secondary N) is 1. The lowest BCUT2D eigenvalue weighted by molar-refractivity contribution is -0.111. The summed E-state index contributed by atoms with van der Waals surface area (Å²) in [5.41, 5.74) is 2.98. The standard InChI is InChI=1S/C22H26N3O5P/c1-4-29-31(27,30-5-2)16-17-8-11-19(12-9-17)24-21(26)13-10-18-15-23-25(3)22(18)20-7-6-14-28-20/h6-15H,4-5,16H2,1-3H3,(H,24,26). The maximum absolute atomic E-state index is 12.6. The quantitative estimate of drug-likeness (QED) is 0.346. The van der Waals surface area contributed by atoms with Crippen molar-refractivity contribution >= 4 is 25.3 Å². The zero-order valence-corrected chi connectivity index (χ0v) is 18.7. The van der Waals surface area contributed by atoms with Gasteiger partial charge in [0, 0.05) is 24.4 Å². The minimum absolute atomic E-state index is 0.180. The van der Waals surface area contributed by atoms with Crippen molar-refractivity contribution in [3.8, 4) is 11.5 Å². The Morgan fingerprint density at radius 2 is 1.90 bits per heavy atom. The molecule has 164 valence electrons. The van der Waals surface area contributed by atoms with Crippen molar-refractivity contribution in [2.24, 2.45) is 7.05 Å². The molecule has 0 aliphatic carbocycles. The first-order valence-corrected chi connectivity index (χ1v) is 11.7. The zero-order valence-electron chi connectivity index (χ0n) is 17.8. The van der Waals surface area contributed by atoms with Crippen molar-refractivity contribution in [2.45, 2.75) is 20.0 Å². The molecule has 3 aromatic rings. The highest BCUT2D eigenvalue weighted by molar-refractivity contribution is 7.53. The molecule has 0 radical (unpaired) electrons. The van der Waals surface area contributed by atoms with E-state index in [9.17, 15) is 9.36 Å². The first-order valence-electron chi connectivity index (χ1n) is 9.96. The molecule has 0 saturated heterocycles. The third kappa shape index (κ3) is 6.04. The van der Waals surface area contributed by atoms with Gasteiger partial charge in [-0.1, -0.05) is 12.1 Å². The molecule has 8 nitrogen and oxygen atoms in total. The Kier molecular flexibility index (Phi) is 7.63. The third-order valence-corrected chi connectivity index (χ3v) is 6.44. The summed E-state index contributed by atoms with van der Waals surface area (Å²) in [5, 5.41) is 7.04. The molecule has 31 heavy (non-hydrogen) atoms. The Hall–Kier alpha value is -2.93. The lowest BCUT2D eigenvalue weighted by atomic mass is 10.2. The van der Waals surface area contributed by atoms with Gasteiger partial charge in [-0.2, -0.15) is 5.10 Å². The van der Waals surface area contributed by atoms with Crippen molar-refractivity contribution in [3.63, 3.8) is 0 Å². The van der Waals surface area contributed by atoms with E-state index in [2.05, 4.69) is 10.4 Å². The molecule has 9 heteroatoms. The molecule has 0 aliphatic heterocycles. The summed E-state index contributed by atoms with van der Waals surface area (Å²) in [6, 6.07) is 10.7. The molecule has 0 saturated carbocycles. The van der Waals surface area contributed by atoms with E-state index in [1.807, 2.05) is 13.1 Å². The molecular weight excluding hydrogens is 417 g/mol. The molecule has 2 heterocycles. The Balaban J connectivity index is 1.64. The highest BCUT2D eigenvalue weighted by Crippen LogP contribution is 2.51. The number of nitrogens with zero attached hydrogens (tertiary/aromatic N) is 2. The lowest BCUT2D eigenvalue weighted by Crippen LogP contribution is -2.07. The van der Waals surface area contributed by atoms with Gasteiger partial charge in [0.05, 0.1) is 31.8 Å². The number of aryl methyl sites for hydroxylation is 1. The second kappa shape index (κ2) is 10.4. The molecule has 1 aromatic carbocycles.